The second-order valence-electron chi connectivity index (χ2n) is 5.59. The molecule has 0 aliphatic heterocycles. The number of carbonyl (C=O) groups excluding carboxylic acids is 1. The Bertz CT molecular complexity index is 403. The topological polar surface area (TPSA) is 50.4 Å². The molecule has 0 bridgehead atoms. The molecule has 21 heavy (non-hydrogen) atoms. The molecule has 1 aromatic rings. The molecule has 116 valence electrons. The first-order valence-electron chi connectivity index (χ1n) is 8.02. The molecule has 0 aromatic heterocycles. The standard InChI is InChI=1S/C17H26N2O2/c20-17(19-15-8-3-1-4-9-15)14-18-12-7-13-21-16-10-5-2-6-11-16/h2,5-6,10-11,15,18H,1,3-4,7-9,12-14H2,(H,19,20). The smallest absolute Gasteiger partial charge is 0.234 e. The van der Waals surface area contributed by atoms with E-state index in [1.165, 1.54) is 19.3 Å². The number of amides is 1. The zero-order chi connectivity index (χ0) is 14.8. The highest BCUT2D eigenvalue weighted by atomic mass is 16.5. The van der Waals surface area contributed by atoms with Crippen LogP contribution in [0.15, 0.2) is 30.3 Å². The third-order valence-electron chi connectivity index (χ3n) is 3.77. The molecule has 1 fully saturated rings. The predicted octanol–water partition coefficient (Wildman–Crippen LogP) is 2.49. The summed E-state index contributed by atoms with van der Waals surface area (Å²) in [5.74, 6) is 1.01. The highest BCUT2D eigenvalue weighted by Gasteiger charge is 2.14. The van der Waals surface area contributed by atoms with Crippen molar-refractivity contribution in [2.24, 2.45) is 0 Å². The van der Waals surface area contributed by atoms with Crippen molar-refractivity contribution in [3.8, 4) is 5.75 Å². The van der Waals surface area contributed by atoms with Crippen LogP contribution in [0.3, 0.4) is 0 Å². The Hall–Kier alpha value is -1.55. The Labute approximate surface area is 127 Å². The summed E-state index contributed by atoms with van der Waals surface area (Å²) in [6.45, 7) is 1.87. The van der Waals surface area contributed by atoms with Crippen LogP contribution in [-0.2, 0) is 4.79 Å². The second kappa shape index (κ2) is 9.40. The molecule has 2 N–H and O–H groups in total. The minimum absolute atomic E-state index is 0.117. The lowest BCUT2D eigenvalue weighted by Crippen LogP contribution is -2.41. The van der Waals surface area contributed by atoms with Gasteiger partial charge in [0.2, 0.25) is 5.91 Å². The van der Waals surface area contributed by atoms with Crippen LogP contribution < -0.4 is 15.4 Å². The van der Waals surface area contributed by atoms with Crippen LogP contribution in [0.2, 0.25) is 0 Å². The van der Waals surface area contributed by atoms with E-state index in [2.05, 4.69) is 10.6 Å². The largest absolute Gasteiger partial charge is 0.494 e. The first-order chi connectivity index (χ1) is 10.3. The number of para-hydroxylation sites is 1. The van der Waals surface area contributed by atoms with E-state index >= 15 is 0 Å². The van der Waals surface area contributed by atoms with Crippen molar-refractivity contribution in [1.29, 1.82) is 0 Å². The normalized spacial score (nSPS) is 15.6. The van der Waals surface area contributed by atoms with E-state index < -0.39 is 0 Å². The van der Waals surface area contributed by atoms with E-state index in [1.807, 2.05) is 30.3 Å². The van der Waals surface area contributed by atoms with Crippen LogP contribution in [0, 0.1) is 0 Å². The van der Waals surface area contributed by atoms with Crippen molar-refractivity contribution in [2.75, 3.05) is 19.7 Å². The molecule has 0 atom stereocenters. The van der Waals surface area contributed by atoms with Crippen LogP contribution in [0.4, 0.5) is 0 Å². The van der Waals surface area contributed by atoms with Gasteiger partial charge in [-0.05, 0) is 37.9 Å². The van der Waals surface area contributed by atoms with Gasteiger partial charge in [0.05, 0.1) is 13.2 Å². The predicted molar refractivity (Wildman–Crippen MR) is 84.4 cm³/mol. The number of nitrogens with one attached hydrogen (secondary N) is 2. The lowest BCUT2D eigenvalue weighted by atomic mass is 9.95. The molecule has 0 saturated heterocycles. The van der Waals surface area contributed by atoms with E-state index in [0.29, 0.717) is 19.2 Å². The van der Waals surface area contributed by atoms with Gasteiger partial charge in [-0.1, -0.05) is 37.5 Å². The summed E-state index contributed by atoms with van der Waals surface area (Å²) < 4.78 is 5.59. The third-order valence-corrected chi connectivity index (χ3v) is 3.77. The molecule has 1 saturated carbocycles. The van der Waals surface area contributed by atoms with E-state index in [4.69, 9.17) is 4.74 Å². The van der Waals surface area contributed by atoms with E-state index in [0.717, 1.165) is 31.6 Å². The van der Waals surface area contributed by atoms with Gasteiger partial charge in [-0.2, -0.15) is 0 Å². The maximum Gasteiger partial charge on any atom is 0.234 e. The van der Waals surface area contributed by atoms with Gasteiger partial charge >= 0.3 is 0 Å². The van der Waals surface area contributed by atoms with Crippen LogP contribution in [0.5, 0.6) is 5.75 Å². The average molecular weight is 290 g/mol. The quantitative estimate of drug-likeness (QED) is 0.723. The van der Waals surface area contributed by atoms with Crippen LogP contribution >= 0.6 is 0 Å². The maximum absolute atomic E-state index is 11.8. The lowest BCUT2D eigenvalue weighted by Gasteiger charge is -2.22. The Kier molecular flexibility index (Phi) is 7.08. The molecule has 4 heteroatoms. The molecule has 4 nitrogen and oxygen atoms in total. The minimum Gasteiger partial charge on any atom is -0.494 e. The number of ether oxygens (including phenoxy) is 1. The van der Waals surface area contributed by atoms with Crippen molar-refractivity contribution in [3.05, 3.63) is 30.3 Å². The van der Waals surface area contributed by atoms with Gasteiger partial charge in [-0.25, -0.2) is 0 Å². The number of carbonyl (C=O) groups is 1. The fourth-order valence-electron chi connectivity index (χ4n) is 2.63. The number of hydrogen-bond donors (Lipinski definition) is 2. The molecule has 1 aliphatic rings. The van der Waals surface area contributed by atoms with E-state index in [-0.39, 0.29) is 5.91 Å². The van der Waals surface area contributed by atoms with Crippen molar-refractivity contribution < 1.29 is 9.53 Å². The first kappa shape index (κ1) is 15.8. The lowest BCUT2D eigenvalue weighted by molar-refractivity contribution is -0.121. The summed E-state index contributed by atoms with van der Waals surface area (Å²) in [5.41, 5.74) is 0. The van der Waals surface area contributed by atoms with Crippen molar-refractivity contribution in [1.82, 2.24) is 10.6 Å². The molecular formula is C17H26N2O2. The molecular weight excluding hydrogens is 264 g/mol. The number of hydrogen-bond acceptors (Lipinski definition) is 3. The summed E-state index contributed by atoms with van der Waals surface area (Å²) in [5, 5.41) is 6.27. The zero-order valence-electron chi connectivity index (χ0n) is 12.6. The number of benzene rings is 1. The second-order valence-corrected chi connectivity index (χ2v) is 5.59. The van der Waals surface area contributed by atoms with Gasteiger partial charge in [0.15, 0.2) is 0 Å². The molecule has 1 aromatic carbocycles. The molecule has 2 rings (SSSR count). The maximum atomic E-state index is 11.8. The average Bonchev–Trinajstić information content (AvgIpc) is 2.53. The molecule has 1 aliphatic carbocycles. The molecule has 0 spiro atoms. The highest BCUT2D eigenvalue weighted by Crippen LogP contribution is 2.17. The summed E-state index contributed by atoms with van der Waals surface area (Å²) in [4.78, 5) is 11.8. The van der Waals surface area contributed by atoms with E-state index in [9.17, 15) is 4.79 Å². The number of rotatable bonds is 8. The fraction of sp³-hybridized carbons (Fsp3) is 0.588. The van der Waals surface area contributed by atoms with Gasteiger partial charge in [-0.3, -0.25) is 4.79 Å². The Morgan fingerprint density at radius 3 is 2.67 bits per heavy atom. The third kappa shape index (κ3) is 6.63. The summed E-state index contributed by atoms with van der Waals surface area (Å²) in [7, 11) is 0. The van der Waals surface area contributed by atoms with Gasteiger partial charge < -0.3 is 15.4 Å². The van der Waals surface area contributed by atoms with Gasteiger partial charge in [0, 0.05) is 6.04 Å². The first-order valence-corrected chi connectivity index (χ1v) is 8.02. The Morgan fingerprint density at radius 1 is 1.14 bits per heavy atom. The molecule has 1 amide bonds. The van der Waals surface area contributed by atoms with Crippen molar-refractivity contribution in [2.45, 2.75) is 44.6 Å². The summed E-state index contributed by atoms with van der Waals surface area (Å²) >= 11 is 0. The monoisotopic (exact) mass is 290 g/mol. The van der Waals surface area contributed by atoms with E-state index in [1.54, 1.807) is 0 Å². The Balaban J connectivity index is 1.46. The summed E-state index contributed by atoms with van der Waals surface area (Å²) in [6.07, 6.45) is 6.97. The van der Waals surface area contributed by atoms with Crippen molar-refractivity contribution in [3.63, 3.8) is 0 Å². The van der Waals surface area contributed by atoms with Crippen LogP contribution in [0.25, 0.3) is 0 Å². The van der Waals surface area contributed by atoms with Gasteiger partial charge in [0.25, 0.3) is 0 Å². The fourth-order valence-corrected chi connectivity index (χ4v) is 2.63. The van der Waals surface area contributed by atoms with Gasteiger partial charge in [-0.15, -0.1) is 0 Å². The van der Waals surface area contributed by atoms with Crippen LogP contribution in [0.1, 0.15) is 38.5 Å². The molecule has 0 unspecified atom stereocenters. The van der Waals surface area contributed by atoms with Crippen LogP contribution in [-0.4, -0.2) is 31.6 Å². The molecule has 0 radical (unpaired) electrons. The highest BCUT2D eigenvalue weighted by molar-refractivity contribution is 5.78. The Morgan fingerprint density at radius 2 is 1.90 bits per heavy atom. The van der Waals surface area contributed by atoms with Gasteiger partial charge in [0.1, 0.15) is 5.75 Å². The zero-order valence-corrected chi connectivity index (χ0v) is 12.6. The molecule has 0 heterocycles. The SMILES string of the molecule is O=C(CNCCCOc1ccccc1)NC1CCCCC1. The van der Waals surface area contributed by atoms with Crippen molar-refractivity contribution >= 4 is 5.91 Å². The summed E-state index contributed by atoms with van der Waals surface area (Å²) in [6, 6.07) is 10.2. The minimum atomic E-state index is 0.117.